The third-order valence-electron chi connectivity index (χ3n) is 5.30. The van der Waals surface area contributed by atoms with Crippen LogP contribution in [0.1, 0.15) is 32.3 Å². The Balaban J connectivity index is 1.52. The van der Waals surface area contributed by atoms with E-state index in [4.69, 9.17) is 9.47 Å². The summed E-state index contributed by atoms with van der Waals surface area (Å²) in [5.74, 6) is 1.18. The van der Waals surface area contributed by atoms with E-state index in [-0.39, 0.29) is 11.9 Å². The van der Waals surface area contributed by atoms with Gasteiger partial charge in [-0.15, -0.1) is 0 Å². The molecule has 1 aromatic rings. The molecule has 0 radical (unpaired) electrons. The van der Waals surface area contributed by atoms with Crippen LogP contribution < -0.4 is 4.74 Å². The van der Waals surface area contributed by atoms with Crippen molar-refractivity contribution in [3.05, 3.63) is 29.8 Å². The van der Waals surface area contributed by atoms with Crippen molar-refractivity contribution in [3.8, 4) is 5.75 Å². The summed E-state index contributed by atoms with van der Waals surface area (Å²) in [5, 5.41) is 9.96. The van der Waals surface area contributed by atoms with Crippen molar-refractivity contribution >= 4 is 5.91 Å². The second-order valence-corrected chi connectivity index (χ2v) is 7.52. The number of carbonyl (C=O) groups is 1. The number of carbonyl (C=O) groups excluding carboxylic acids is 1. The van der Waals surface area contributed by atoms with Gasteiger partial charge in [0.2, 0.25) is 0 Å². The lowest BCUT2D eigenvalue weighted by Crippen LogP contribution is -2.56. The fourth-order valence-corrected chi connectivity index (χ4v) is 3.61. The van der Waals surface area contributed by atoms with Gasteiger partial charge in [0.25, 0.3) is 5.91 Å². The molecule has 1 amide bonds. The normalized spacial score (nSPS) is 25.5. The molecule has 2 aliphatic rings. The lowest BCUT2D eigenvalue weighted by atomic mass is 10.0. The Morgan fingerprint density at radius 3 is 2.54 bits per heavy atom. The minimum atomic E-state index is -0.510. The van der Waals surface area contributed by atoms with Gasteiger partial charge in [0, 0.05) is 26.2 Å². The molecular formula is C20H30N2O4. The number of ether oxygens (including phenoxy) is 2. The van der Waals surface area contributed by atoms with Gasteiger partial charge < -0.3 is 19.5 Å². The molecule has 0 bridgehead atoms. The fraction of sp³-hybridized carbons (Fsp3) is 0.650. The molecule has 2 heterocycles. The molecule has 1 N–H and O–H groups in total. The fourth-order valence-electron chi connectivity index (χ4n) is 3.61. The number of aliphatic hydroxyl groups excluding tert-OH is 1. The van der Waals surface area contributed by atoms with E-state index >= 15 is 0 Å². The minimum absolute atomic E-state index is 0.0165. The smallest absolute Gasteiger partial charge is 0.263 e. The summed E-state index contributed by atoms with van der Waals surface area (Å²) < 4.78 is 11.2. The lowest BCUT2D eigenvalue weighted by Gasteiger charge is -2.39. The van der Waals surface area contributed by atoms with Crippen LogP contribution >= 0.6 is 0 Å². The van der Waals surface area contributed by atoms with Gasteiger partial charge >= 0.3 is 0 Å². The van der Waals surface area contributed by atoms with E-state index in [2.05, 4.69) is 24.8 Å². The SMILES string of the molecule is CC(Oc1cccc(C(C)C)c1)C(=O)N1CCN([C@@H]2COC[C@H]2O)CC1. The first-order valence-electron chi connectivity index (χ1n) is 9.51. The van der Waals surface area contributed by atoms with Gasteiger partial charge in [0.1, 0.15) is 5.75 Å². The molecule has 0 spiro atoms. The zero-order valence-electron chi connectivity index (χ0n) is 15.9. The first-order valence-corrected chi connectivity index (χ1v) is 9.51. The van der Waals surface area contributed by atoms with E-state index in [9.17, 15) is 9.90 Å². The number of amides is 1. The van der Waals surface area contributed by atoms with Gasteiger partial charge in [0.15, 0.2) is 6.10 Å². The molecule has 144 valence electrons. The molecule has 2 saturated heterocycles. The first kappa shape index (κ1) is 19.1. The quantitative estimate of drug-likeness (QED) is 0.860. The maximum Gasteiger partial charge on any atom is 0.263 e. The highest BCUT2D eigenvalue weighted by molar-refractivity contribution is 5.81. The van der Waals surface area contributed by atoms with Gasteiger partial charge in [-0.1, -0.05) is 26.0 Å². The highest BCUT2D eigenvalue weighted by atomic mass is 16.5. The number of hydrogen-bond donors (Lipinski definition) is 1. The molecule has 0 aromatic heterocycles. The molecule has 6 nitrogen and oxygen atoms in total. The summed E-state index contributed by atoms with van der Waals surface area (Å²) in [5.41, 5.74) is 1.20. The van der Waals surface area contributed by atoms with Gasteiger partial charge in [-0.2, -0.15) is 0 Å². The van der Waals surface area contributed by atoms with Crippen molar-refractivity contribution in [2.75, 3.05) is 39.4 Å². The number of rotatable bonds is 5. The molecule has 3 rings (SSSR count). The molecule has 1 aromatic carbocycles. The first-order chi connectivity index (χ1) is 12.5. The van der Waals surface area contributed by atoms with Gasteiger partial charge in [-0.05, 0) is 30.5 Å². The van der Waals surface area contributed by atoms with Crippen LogP contribution in [0.3, 0.4) is 0 Å². The maximum atomic E-state index is 12.7. The highest BCUT2D eigenvalue weighted by Crippen LogP contribution is 2.22. The lowest BCUT2D eigenvalue weighted by molar-refractivity contribution is -0.140. The Morgan fingerprint density at radius 1 is 1.19 bits per heavy atom. The van der Waals surface area contributed by atoms with Crippen LogP contribution in [0.4, 0.5) is 0 Å². The Morgan fingerprint density at radius 2 is 1.92 bits per heavy atom. The van der Waals surface area contributed by atoms with Crippen LogP contribution in [0, 0.1) is 0 Å². The minimum Gasteiger partial charge on any atom is -0.481 e. The third kappa shape index (κ3) is 4.37. The largest absolute Gasteiger partial charge is 0.481 e. The monoisotopic (exact) mass is 362 g/mol. The van der Waals surface area contributed by atoms with Crippen LogP contribution in [-0.2, 0) is 9.53 Å². The number of nitrogens with zero attached hydrogens (tertiary/aromatic N) is 2. The summed E-state index contributed by atoms with van der Waals surface area (Å²) >= 11 is 0. The van der Waals surface area contributed by atoms with Crippen LogP contribution in [0.25, 0.3) is 0 Å². The molecule has 2 fully saturated rings. The summed E-state index contributed by atoms with van der Waals surface area (Å²) in [6.07, 6.45) is -0.933. The average molecular weight is 362 g/mol. The molecule has 6 heteroatoms. The van der Waals surface area contributed by atoms with Crippen LogP contribution in [-0.4, -0.2) is 78.5 Å². The summed E-state index contributed by atoms with van der Waals surface area (Å²) in [6.45, 7) is 9.89. The van der Waals surface area contributed by atoms with Gasteiger partial charge in [0.05, 0.1) is 25.4 Å². The summed E-state index contributed by atoms with van der Waals surface area (Å²) in [7, 11) is 0. The Bertz CT molecular complexity index is 614. The van der Waals surface area contributed by atoms with E-state index in [0.29, 0.717) is 32.2 Å². The van der Waals surface area contributed by atoms with Gasteiger partial charge in [-0.25, -0.2) is 0 Å². The van der Waals surface area contributed by atoms with Crippen LogP contribution in [0.15, 0.2) is 24.3 Å². The van der Waals surface area contributed by atoms with E-state index in [1.165, 1.54) is 5.56 Å². The third-order valence-corrected chi connectivity index (χ3v) is 5.30. The number of aliphatic hydroxyl groups is 1. The van der Waals surface area contributed by atoms with E-state index in [0.717, 1.165) is 18.8 Å². The standard InChI is InChI=1S/C20H30N2O4/c1-14(2)16-5-4-6-17(11-16)26-15(3)20(24)22-9-7-21(8-10-22)18-12-25-13-19(18)23/h4-6,11,14-15,18-19,23H,7-10,12-13H2,1-3H3/t15?,18-,19-/m1/s1. The molecule has 0 aliphatic carbocycles. The van der Waals surface area contributed by atoms with Crippen LogP contribution in [0.2, 0.25) is 0 Å². The Hall–Kier alpha value is -1.63. The zero-order valence-corrected chi connectivity index (χ0v) is 15.9. The molecule has 2 aliphatic heterocycles. The number of hydrogen-bond acceptors (Lipinski definition) is 5. The van der Waals surface area contributed by atoms with Crippen molar-refractivity contribution in [2.45, 2.75) is 44.9 Å². The molecule has 26 heavy (non-hydrogen) atoms. The Labute approximate surface area is 155 Å². The van der Waals surface area contributed by atoms with Crippen molar-refractivity contribution in [2.24, 2.45) is 0 Å². The van der Waals surface area contributed by atoms with E-state index in [1.54, 1.807) is 0 Å². The van der Waals surface area contributed by atoms with Crippen molar-refractivity contribution < 1.29 is 19.4 Å². The second kappa shape index (κ2) is 8.37. The zero-order chi connectivity index (χ0) is 18.7. The summed E-state index contributed by atoms with van der Waals surface area (Å²) in [4.78, 5) is 16.8. The predicted octanol–water partition coefficient (Wildman–Crippen LogP) is 1.48. The highest BCUT2D eigenvalue weighted by Gasteiger charge is 2.35. The number of benzene rings is 1. The molecule has 0 saturated carbocycles. The maximum absolute atomic E-state index is 12.7. The van der Waals surface area contributed by atoms with Crippen LogP contribution in [0.5, 0.6) is 5.75 Å². The molecule has 1 unspecified atom stereocenters. The van der Waals surface area contributed by atoms with E-state index < -0.39 is 12.2 Å². The van der Waals surface area contributed by atoms with Crippen molar-refractivity contribution in [3.63, 3.8) is 0 Å². The average Bonchev–Trinajstić information content (AvgIpc) is 3.07. The molecule has 3 atom stereocenters. The second-order valence-electron chi connectivity index (χ2n) is 7.52. The van der Waals surface area contributed by atoms with E-state index in [1.807, 2.05) is 30.0 Å². The topological polar surface area (TPSA) is 62.2 Å². The Kier molecular flexibility index (Phi) is 6.16. The predicted molar refractivity (Wildman–Crippen MR) is 99.4 cm³/mol. The molecular weight excluding hydrogens is 332 g/mol. The van der Waals surface area contributed by atoms with Gasteiger partial charge in [-0.3, -0.25) is 9.69 Å². The van der Waals surface area contributed by atoms with Crippen molar-refractivity contribution in [1.29, 1.82) is 0 Å². The summed E-state index contributed by atoms with van der Waals surface area (Å²) in [6, 6.07) is 8.00. The van der Waals surface area contributed by atoms with Crippen molar-refractivity contribution in [1.82, 2.24) is 9.80 Å². The number of piperazine rings is 1.